The SMILES string of the molecule is CSCC(N)C1CCSC1. The minimum absolute atomic E-state index is 0.449. The molecule has 0 aromatic carbocycles. The van der Waals surface area contributed by atoms with Gasteiger partial charge in [-0.15, -0.1) is 0 Å². The second-order valence-corrected chi connectivity index (χ2v) is 4.80. The van der Waals surface area contributed by atoms with Crippen LogP contribution in [-0.2, 0) is 0 Å². The van der Waals surface area contributed by atoms with Crippen molar-refractivity contribution < 1.29 is 0 Å². The smallest absolute Gasteiger partial charge is 0.0167 e. The van der Waals surface area contributed by atoms with Gasteiger partial charge in [-0.1, -0.05) is 0 Å². The lowest BCUT2D eigenvalue weighted by molar-refractivity contribution is 0.502. The van der Waals surface area contributed by atoms with Crippen molar-refractivity contribution in [3.63, 3.8) is 0 Å². The van der Waals surface area contributed by atoms with E-state index in [4.69, 9.17) is 5.73 Å². The quantitative estimate of drug-likeness (QED) is 0.706. The van der Waals surface area contributed by atoms with Crippen LogP contribution in [0.3, 0.4) is 0 Å². The van der Waals surface area contributed by atoms with Crippen molar-refractivity contribution in [1.29, 1.82) is 0 Å². The highest BCUT2D eigenvalue weighted by Gasteiger charge is 2.21. The van der Waals surface area contributed by atoms with E-state index in [2.05, 4.69) is 6.26 Å². The third-order valence-corrected chi connectivity index (χ3v) is 3.84. The van der Waals surface area contributed by atoms with Gasteiger partial charge in [-0.05, 0) is 30.1 Å². The van der Waals surface area contributed by atoms with E-state index in [0.29, 0.717) is 6.04 Å². The molecule has 60 valence electrons. The predicted octanol–water partition coefficient (Wildman–Crippen LogP) is 1.43. The fraction of sp³-hybridized carbons (Fsp3) is 1.00. The van der Waals surface area contributed by atoms with Gasteiger partial charge in [0.2, 0.25) is 0 Å². The van der Waals surface area contributed by atoms with Gasteiger partial charge >= 0.3 is 0 Å². The van der Waals surface area contributed by atoms with Crippen molar-refractivity contribution in [3.05, 3.63) is 0 Å². The Morgan fingerprint density at radius 1 is 1.80 bits per heavy atom. The van der Waals surface area contributed by atoms with E-state index >= 15 is 0 Å². The normalized spacial score (nSPS) is 28.8. The van der Waals surface area contributed by atoms with Crippen molar-refractivity contribution in [2.24, 2.45) is 11.7 Å². The van der Waals surface area contributed by atoms with Crippen LogP contribution in [0, 0.1) is 5.92 Å². The maximum Gasteiger partial charge on any atom is 0.0167 e. The summed E-state index contributed by atoms with van der Waals surface area (Å²) in [6.45, 7) is 0. The van der Waals surface area contributed by atoms with Gasteiger partial charge in [0.05, 0.1) is 0 Å². The number of hydrogen-bond acceptors (Lipinski definition) is 3. The fourth-order valence-corrected chi connectivity index (χ4v) is 3.23. The van der Waals surface area contributed by atoms with Crippen LogP contribution in [0.4, 0.5) is 0 Å². The van der Waals surface area contributed by atoms with Gasteiger partial charge in [-0.2, -0.15) is 23.5 Å². The Hall–Kier alpha value is 0.660. The van der Waals surface area contributed by atoms with Gasteiger partial charge in [0, 0.05) is 11.8 Å². The van der Waals surface area contributed by atoms with Crippen LogP contribution in [0.25, 0.3) is 0 Å². The lowest BCUT2D eigenvalue weighted by Crippen LogP contribution is -2.32. The lowest BCUT2D eigenvalue weighted by atomic mass is 10.0. The predicted molar refractivity (Wildman–Crippen MR) is 51.8 cm³/mol. The molecule has 0 aromatic heterocycles. The summed E-state index contributed by atoms with van der Waals surface area (Å²) >= 11 is 3.91. The molecule has 1 aliphatic heterocycles. The molecule has 2 atom stereocenters. The molecule has 0 radical (unpaired) electrons. The van der Waals surface area contributed by atoms with Crippen LogP contribution in [-0.4, -0.2) is 29.6 Å². The van der Waals surface area contributed by atoms with E-state index in [9.17, 15) is 0 Å². The highest BCUT2D eigenvalue weighted by molar-refractivity contribution is 7.99. The maximum atomic E-state index is 5.96. The zero-order chi connectivity index (χ0) is 7.40. The van der Waals surface area contributed by atoms with Gasteiger partial charge in [0.15, 0.2) is 0 Å². The van der Waals surface area contributed by atoms with E-state index in [1.807, 2.05) is 23.5 Å². The molecule has 10 heavy (non-hydrogen) atoms. The van der Waals surface area contributed by atoms with Crippen LogP contribution in [0.5, 0.6) is 0 Å². The summed E-state index contributed by atoms with van der Waals surface area (Å²) in [5.41, 5.74) is 5.96. The monoisotopic (exact) mass is 177 g/mol. The molecule has 1 heterocycles. The lowest BCUT2D eigenvalue weighted by Gasteiger charge is -2.16. The maximum absolute atomic E-state index is 5.96. The molecular weight excluding hydrogens is 162 g/mol. The molecule has 1 fully saturated rings. The van der Waals surface area contributed by atoms with Crippen LogP contribution in [0.1, 0.15) is 6.42 Å². The molecule has 1 aliphatic rings. The number of nitrogens with two attached hydrogens (primary N) is 1. The molecule has 0 bridgehead atoms. The molecular formula is C7H15NS2. The average molecular weight is 177 g/mol. The summed E-state index contributed by atoms with van der Waals surface area (Å²) < 4.78 is 0. The molecule has 0 spiro atoms. The molecule has 0 saturated carbocycles. The minimum Gasteiger partial charge on any atom is -0.327 e. The first-order chi connectivity index (χ1) is 4.84. The fourth-order valence-electron chi connectivity index (χ4n) is 1.22. The summed E-state index contributed by atoms with van der Waals surface area (Å²) in [5, 5.41) is 0. The van der Waals surface area contributed by atoms with Gasteiger partial charge in [-0.3, -0.25) is 0 Å². The summed E-state index contributed by atoms with van der Waals surface area (Å²) in [4.78, 5) is 0. The largest absolute Gasteiger partial charge is 0.327 e. The Bertz CT molecular complexity index is 91.6. The topological polar surface area (TPSA) is 26.0 Å². The highest BCUT2D eigenvalue weighted by atomic mass is 32.2. The van der Waals surface area contributed by atoms with E-state index < -0.39 is 0 Å². The van der Waals surface area contributed by atoms with Crippen LogP contribution < -0.4 is 5.73 Å². The zero-order valence-corrected chi connectivity index (χ0v) is 8.01. The molecule has 1 saturated heterocycles. The van der Waals surface area contributed by atoms with E-state index in [1.54, 1.807) is 0 Å². The van der Waals surface area contributed by atoms with Crippen LogP contribution in [0.2, 0.25) is 0 Å². The first-order valence-electron chi connectivity index (χ1n) is 3.67. The minimum atomic E-state index is 0.449. The van der Waals surface area contributed by atoms with Gasteiger partial charge in [0.1, 0.15) is 0 Å². The number of rotatable bonds is 3. The van der Waals surface area contributed by atoms with Crippen molar-refractivity contribution in [2.75, 3.05) is 23.5 Å². The standard InChI is InChI=1S/C7H15NS2/c1-9-5-7(8)6-2-3-10-4-6/h6-7H,2-5,8H2,1H3. The van der Waals surface area contributed by atoms with E-state index in [-0.39, 0.29) is 0 Å². The third-order valence-electron chi connectivity index (χ3n) is 1.93. The van der Waals surface area contributed by atoms with Crippen LogP contribution >= 0.6 is 23.5 Å². The number of hydrogen-bond donors (Lipinski definition) is 1. The second-order valence-electron chi connectivity index (χ2n) is 2.74. The molecule has 0 aliphatic carbocycles. The number of thioether (sulfide) groups is 2. The molecule has 2 N–H and O–H groups in total. The Labute approximate surface area is 71.5 Å². The highest BCUT2D eigenvalue weighted by Crippen LogP contribution is 2.26. The Morgan fingerprint density at radius 2 is 2.60 bits per heavy atom. The molecule has 0 amide bonds. The van der Waals surface area contributed by atoms with Crippen molar-refractivity contribution in [1.82, 2.24) is 0 Å². The zero-order valence-electron chi connectivity index (χ0n) is 6.38. The van der Waals surface area contributed by atoms with Crippen molar-refractivity contribution >= 4 is 23.5 Å². The molecule has 1 rings (SSSR count). The Kier molecular flexibility index (Phi) is 3.96. The van der Waals surface area contributed by atoms with Gasteiger partial charge in [0.25, 0.3) is 0 Å². The van der Waals surface area contributed by atoms with Crippen LogP contribution in [0.15, 0.2) is 0 Å². The molecule has 0 aromatic rings. The van der Waals surface area contributed by atoms with E-state index in [0.717, 1.165) is 11.7 Å². The average Bonchev–Trinajstić information content (AvgIpc) is 2.38. The molecule has 2 unspecified atom stereocenters. The molecule has 1 nitrogen and oxygen atoms in total. The third kappa shape index (κ3) is 2.36. The Balaban J connectivity index is 2.18. The van der Waals surface area contributed by atoms with Crippen molar-refractivity contribution in [2.45, 2.75) is 12.5 Å². The first-order valence-corrected chi connectivity index (χ1v) is 6.21. The summed E-state index contributed by atoms with van der Waals surface area (Å²) in [6, 6.07) is 0.449. The summed E-state index contributed by atoms with van der Waals surface area (Å²) in [6.07, 6.45) is 3.47. The van der Waals surface area contributed by atoms with Crippen molar-refractivity contribution in [3.8, 4) is 0 Å². The van der Waals surface area contributed by atoms with Gasteiger partial charge in [-0.25, -0.2) is 0 Å². The van der Waals surface area contributed by atoms with E-state index in [1.165, 1.54) is 17.9 Å². The summed E-state index contributed by atoms with van der Waals surface area (Å²) in [7, 11) is 0. The van der Waals surface area contributed by atoms with Gasteiger partial charge < -0.3 is 5.73 Å². The first kappa shape index (κ1) is 8.75. The summed E-state index contributed by atoms with van der Waals surface area (Å²) in [5.74, 6) is 4.55. The molecule has 3 heteroatoms. The Morgan fingerprint density at radius 3 is 3.10 bits per heavy atom. The second kappa shape index (κ2) is 4.52.